The second-order valence-corrected chi connectivity index (χ2v) is 8.16. The summed E-state index contributed by atoms with van der Waals surface area (Å²) in [5.74, 6) is 1.04. The van der Waals surface area contributed by atoms with Gasteiger partial charge in [0, 0.05) is 36.9 Å². The molecule has 1 aliphatic rings. The Morgan fingerprint density at radius 1 is 1.23 bits per heavy atom. The van der Waals surface area contributed by atoms with Crippen LogP contribution in [0.3, 0.4) is 0 Å². The van der Waals surface area contributed by atoms with Crippen molar-refractivity contribution in [3.05, 3.63) is 74.1 Å². The summed E-state index contributed by atoms with van der Waals surface area (Å²) in [5, 5.41) is 2.21. The molecule has 26 heavy (non-hydrogen) atoms. The van der Waals surface area contributed by atoms with E-state index in [-0.39, 0.29) is 11.5 Å². The molecule has 1 aliphatic heterocycles. The van der Waals surface area contributed by atoms with Crippen molar-refractivity contribution in [1.82, 2.24) is 14.9 Å². The van der Waals surface area contributed by atoms with Gasteiger partial charge in [0.25, 0.3) is 5.56 Å². The summed E-state index contributed by atoms with van der Waals surface area (Å²) in [5.41, 5.74) is 4.36. The molecule has 134 valence electrons. The number of aromatic nitrogens is 2. The first kappa shape index (κ1) is 17.2. The predicted octanol–water partition coefficient (Wildman–Crippen LogP) is 4.18. The van der Waals surface area contributed by atoms with Crippen LogP contribution in [0.2, 0.25) is 0 Å². The molecule has 4 nitrogen and oxygen atoms in total. The summed E-state index contributed by atoms with van der Waals surface area (Å²) in [6, 6.07) is 12.7. The summed E-state index contributed by atoms with van der Waals surface area (Å²) in [4.78, 5) is 23.8. The Kier molecular flexibility index (Phi) is 4.74. The number of hydrogen-bond acceptors (Lipinski definition) is 4. The standard InChI is InChI=1S/C21H23N3OS/c1-14(2)20-22-19-8-9-24(12-18(19)21(25)23-20)11-17-10-16(13-26-17)15-6-4-3-5-7-15/h3-7,10,13-14H,8-9,11-12H2,1-2H3,(H,22,23,25). The first-order valence-electron chi connectivity index (χ1n) is 9.07. The monoisotopic (exact) mass is 365 g/mol. The van der Waals surface area contributed by atoms with Gasteiger partial charge in [-0.15, -0.1) is 11.3 Å². The van der Waals surface area contributed by atoms with Gasteiger partial charge in [-0.25, -0.2) is 4.98 Å². The lowest BCUT2D eigenvalue weighted by Gasteiger charge is -2.27. The third kappa shape index (κ3) is 3.50. The van der Waals surface area contributed by atoms with Crippen LogP contribution in [0.5, 0.6) is 0 Å². The molecule has 0 atom stereocenters. The molecule has 2 aromatic heterocycles. The minimum absolute atomic E-state index is 0.0274. The van der Waals surface area contributed by atoms with E-state index in [1.54, 1.807) is 11.3 Å². The van der Waals surface area contributed by atoms with E-state index in [4.69, 9.17) is 0 Å². The van der Waals surface area contributed by atoms with Crippen molar-refractivity contribution in [2.75, 3.05) is 6.54 Å². The van der Waals surface area contributed by atoms with Crippen LogP contribution in [0.4, 0.5) is 0 Å². The fourth-order valence-electron chi connectivity index (χ4n) is 3.37. The Labute approximate surface area is 157 Å². The number of nitrogens with zero attached hydrogens (tertiary/aromatic N) is 2. The van der Waals surface area contributed by atoms with E-state index in [9.17, 15) is 4.79 Å². The molecule has 1 aromatic carbocycles. The van der Waals surface area contributed by atoms with Crippen molar-refractivity contribution in [3.63, 3.8) is 0 Å². The summed E-state index contributed by atoms with van der Waals surface area (Å²) in [6.07, 6.45) is 0.843. The fourth-order valence-corrected chi connectivity index (χ4v) is 4.31. The zero-order valence-electron chi connectivity index (χ0n) is 15.2. The van der Waals surface area contributed by atoms with E-state index >= 15 is 0 Å². The predicted molar refractivity (Wildman–Crippen MR) is 107 cm³/mol. The van der Waals surface area contributed by atoms with E-state index in [1.807, 2.05) is 6.07 Å². The van der Waals surface area contributed by atoms with Gasteiger partial charge in [0.2, 0.25) is 0 Å². The van der Waals surface area contributed by atoms with Gasteiger partial charge >= 0.3 is 0 Å². The summed E-state index contributed by atoms with van der Waals surface area (Å²) in [6.45, 7) is 6.61. The van der Waals surface area contributed by atoms with Crippen LogP contribution >= 0.6 is 11.3 Å². The molecule has 0 amide bonds. The third-order valence-electron chi connectivity index (χ3n) is 4.85. The van der Waals surface area contributed by atoms with Crippen LogP contribution in [0, 0.1) is 0 Å². The Morgan fingerprint density at radius 2 is 2.04 bits per heavy atom. The number of nitrogens with one attached hydrogen (secondary N) is 1. The molecular weight excluding hydrogens is 342 g/mol. The highest BCUT2D eigenvalue weighted by molar-refractivity contribution is 7.10. The number of aromatic amines is 1. The SMILES string of the molecule is CC(C)c1nc2c(c(=O)[nH]1)CN(Cc1cc(-c3ccccc3)cs1)CC2. The number of benzene rings is 1. The van der Waals surface area contributed by atoms with Gasteiger partial charge in [-0.1, -0.05) is 44.2 Å². The van der Waals surface area contributed by atoms with Gasteiger partial charge in [-0.2, -0.15) is 0 Å². The van der Waals surface area contributed by atoms with Crippen LogP contribution in [0.1, 0.15) is 41.7 Å². The Hall–Kier alpha value is -2.24. The zero-order chi connectivity index (χ0) is 18.1. The van der Waals surface area contributed by atoms with E-state index in [0.717, 1.165) is 36.6 Å². The van der Waals surface area contributed by atoms with Crippen molar-refractivity contribution in [1.29, 1.82) is 0 Å². The largest absolute Gasteiger partial charge is 0.310 e. The number of rotatable bonds is 4. The second-order valence-electron chi connectivity index (χ2n) is 7.16. The lowest BCUT2D eigenvalue weighted by molar-refractivity contribution is 0.243. The van der Waals surface area contributed by atoms with Crippen molar-refractivity contribution in [3.8, 4) is 11.1 Å². The van der Waals surface area contributed by atoms with Gasteiger partial charge < -0.3 is 4.98 Å². The molecule has 3 heterocycles. The first-order chi connectivity index (χ1) is 12.6. The number of hydrogen-bond donors (Lipinski definition) is 1. The molecule has 5 heteroatoms. The quantitative estimate of drug-likeness (QED) is 0.754. The molecule has 0 radical (unpaired) electrons. The maximum atomic E-state index is 12.5. The van der Waals surface area contributed by atoms with Crippen molar-refractivity contribution >= 4 is 11.3 Å². The number of thiophene rings is 1. The highest BCUT2D eigenvalue weighted by Crippen LogP contribution is 2.27. The molecule has 0 saturated heterocycles. The fraction of sp³-hybridized carbons (Fsp3) is 0.333. The molecule has 0 bridgehead atoms. The van der Waals surface area contributed by atoms with Gasteiger partial charge in [0.05, 0.1) is 11.3 Å². The van der Waals surface area contributed by atoms with E-state index in [0.29, 0.717) is 6.54 Å². The number of H-pyrrole nitrogens is 1. The minimum Gasteiger partial charge on any atom is -0.310 e. The average Bonchev–Trinajstić information content (AvgIpc) is 3.11. The van der Waals surface area contributed by atoms with Gasteiger partial charge in [-0.05, 0) is 22.6 Å². The van der Waals surface area contributed by atoms with Gasteiger partial charge in [0.1, 0.15) is 5.82 Å². The summed E-state index contributed by atoms with van der Waals surface area (Å²) < 4.78 is 0. The maximum Gasteiger partial charge on any atom is 0.255 e. The van der Waals surface area contributed by atoms with Crippen molar-refractivity contribution in [2.45, 2.75) is 39.3 Å². The Balaban J connectivity index is 1.50. The van der Waals surface area contributed by atoms with Crippen molar-refractivity contribution < 1.29 is 0 Å². The maximum absolute atomic E-state index is 12.5. The number of fused-ring (bicyclic) bond motifs is 1. The lowest BCUT2D eigenvalue weighted by atomic mass is 10.1. The molecule has 0 fully saturated rings. The molecule has 4 rings (SSSR count). The van der Waals surface area contributed by atoms with Crippen LogP contribution in [0.25, 0.3) is 11.1 Å². The van der Waals surface area contributed by atoms with Crippen molar-refractivity contribution in [2.24, 2.45) is 0 Å². The molecule has 0 aliphatic carbocycles. The summed E-state index contributed by atoms with van der Waals surface area (Å²) >= 11 is 1.79. The molecule has 0 spiro atoms. The topological polar surface area (TPSA) is 49.0 Å². The highest BCUT2D eigenvalue weighted by atomic mass is 32.1. The normalized spacial score (nSPS) is 14.6. The lowest BCUT2D eigenvalue weighted by Crippen LogP contribution is -2.35. The molecule has 0 saturated carbocycles. The van der Waals surface area contributed by atoms with Gasteiger partial charge in [0.15, 0.2) is 0 Å². The first-order valence-corrected chi connectivity index (χ1v) is 9.95. The highest BCUT2D eigenvalue weighted by Gasteiger charge is 2.22. The van der Waals surface area contributed by atoms with E-state index < -0.39 is 0 Å². The Morgan fingerprint density at radius 3 is 2.81 bits per heavy atom. The zero-order valence-corrected chi connectivity index (χ0v) is 16.0. The minimum atomic E-state index is 0.0274. The molecule has 3 aromatic rings. The Bertz CT molecular complexity index is 959. The third-order valence-corrected chi connectivity index (χ3v) is 5.77. The average molecular weight is 366 g/mol. The smallest absolute Gasteiger partial charge is 0.255 e. The van der Waals surface area contributed by atoms with E-state index in [1.165, 1.54) is 16.0 Å². The van der Waals surface area contributed by atoms with Gasteiger partial charge in [-0.3, -0.25) is 9.69 Å². The molecule has 0 unspecified atom stereocenters. The molecule has 1 N–H and O–H groups in total. The summed E-state index contributed by atoms with van der Waals surface area (Å²) in [7, 11) is 0. The van der Waals surface area contributed by atoms with Crippen LogP contribution in [0.15, 0.2) is 46.6 Å². The van der Waals surface area contributed by atoms with Crippen LogP contribution in [-0.2, 0) is 19.5 Å². The van der Waals surface area contributed by atoms with Crippen LogP contribution in [-0.4, -0.2) is 21.4 Å². The molecular formula is C21H23N3OS. The van der Waals surface area contributed by atoms with E-state index in [2.05, 4.69) is 64.4 Å². The van der Waals surface area contributed by atoms with Crippen LogP contribution < -0.4 is 5.56 Å². The second kappa shape index (κ2) is 7.17.